The summed E-state index contributed by atoms with van der Waals surface area (Å²) in [6, 6.07) is 17.7. The molecule has 1 amide bonds. The highest BCUT2D eigenvalue weighted by atomic mass is 32.2. The van der Waals surface area contributed by atoms with Crippen molar-refractivity contribution in [1.29, 1.82) is 0 Å². The van der Waals surface area contributed by atoms with Gasteiger partial charge >= 0.3 is 0 Å². The molecule has 0 bridgehead atoms. The lowest BCUT2D eigenvalue weighted by Gasteiger charge is -2.39. The first-order chi connectivity index (χ1) is 14.4. The van der Waals surface area contributed by atoms with Gasteiger partial charge in [-0.25, -0.2) is 8.42 Å². The van der Waals surface area contributed by atoms with Crippen molar-refractivity contribution < 1.29 is 17.9 Å². The first kappa shape index (κ1) is 20.9. The molecule has 0 saturated carbocycles. The number of piperidine rings is 1. The molecular weight excluding hydrogens is 400 g/mol. The van der Waals surface area contributed by atoms with Crippen LogP contribution in [-0.2, 0) is 31.6 Å². The summed E-state index contributed by atoms with van der Waals surface area (Å²) >= 11 is 0. The number of hydrogen-bond acceptors (Lipinski definition) is 4. The summed E-state index contributed by atoms with van der Waals surface area (Å²) in [7, 11) is -3.32. The number of ether oxygens (including phenoxy) is 1. The summed E-state index contributed by atoms with van der Waals surface area (Å²) in [5.74, 6) is 0.101. The molecule has 0 atom stereocenters. The van der Waals surface area contributed by atoms with Crippen LogP contribution in [0.3, 0.4) is 0 Å². The minimum absolute atomic E-state index is 0.101. The third-order valence-corrected chi connectivity index (χ3v) is 7.36. The van der Waals surface area contributed by atoms with Gasteiger partial charge in [0.15, 0.2) is 0 Å². The summed E-state index contributed by atoms with van der Waals surface area (Å²) in [5, 5.41) is 0. The van der Waals surface area contributed by atoms with Crippen molar-refractivity contribution in [2.24, 2.45) is 0 Å². The molecule has 1 spiro atoms. The number of fused-ring (bicyclic) bond motifs is 2. The number of para-hydroxylation sites is 1. The topological polar surface area (TPSA) is 66.9 Å². The highest BCUT2D eigenvalue weighted by Gasteiger charge is 2.47. The van der Waals surface area contributed by atoms with Gasteiger partial charge in [-0.15, -0.1) is 0 Å². The van der Waals surface area contributed by atoms with Crippen molar-refractivity contribution in [3.63, 3.8) is 0 Å². The number of nitrogens with zero attached hydrogens (tertiary/aromatic N) is 2. The molecule has 30 heavy (non-hydrogen) atoms. The van der Waals surface area contributed by atoms with Crippen LogP contribution in [0.2, 0.25) is 0 Å². The molecule has 7 heteroatoms. The van der Waals surface area contributed by atoms with Crippen molar-refractivity contribution in [2.45, 2.75) is 31.3 Å². The molecule has 2 aliphatic heterocycles. The van der Waals surface area contributed by atoms with E-state index in [1.165, 1.54) is 10.6 Å². The van der Waals surface area contributed by atoms with Crippen molar-refractivity contribution in [2.75, 3.05) is 36.8 Å². The number of sulfonamides is 1. The second-order valence-corrected chi connectivity index (χ2v) is 10.1. The fraction of sp³-hybridized carbons (Fsp3) is 0.435. The summed E-state index contributed by atoms with van der Waals surface area (Å²) < 4.78 is 31.8. The Morgan fingerprint density at radius 3 is 2.40 bits per heavy atom. The Kier molecular flexibility index (Phi) is 5.84. The molecule has 160 valence electrons. The van der Waals surface area contributed by atoms with E-state index >= 15 is 0 Å². The standard InChI is InChI=1S/C23H28N2O4S/c1-30(27,28)25-18-23(20-9-5-6-10-21(20)25)12-14-24(15-13-23)22(26)11-16-29-17-19-7-3-2-4-8-19/h2-10H,11-18H2,1H3. The number of carbonyl (C=O) groups excluding carboxylic acids is 1. The molecule has 4 rings (SSSR count). The van der Waals surface area contributed by atoms with E-state index in [0.29, 0.717) is 39.3 Å². The van der Waals surface area contributed by atoms with E-state index in [0.717, 1.165) is 29.7 Å². The number of anilines is 1. The zero-order valence-corrected chi connectivity index (χ0v) is 18.1. The van der Waals surface area contributed by atoms with E-state index in [1.807, 2.05) is 59.5 Å². The Hall–Kier alpha value is -2.38. The third kappa shape index (κ3) is 4.23. The SMILES string of the molecule is CS(=O)(=O)N1CC2(CCN(C(=O)CCOCc3ccccc3)CC2)c2ccccc21. The predicted octanol–water partition coefficient (Wildman–Crippen LogP) is 2.93. The molecule has 2 heterocycles. The van der Waals surface area contributed by atoms with E-state index < -0.39 is 10.0 Å². The van der Waals surface area contributed by atoms with Crippen LogP contribution in [0.1, 0.15) is 30.4 Å². The van der Waals surface area contributed by atoms with E-state index in [-0.39, 0.29) is 11.3 Å². The average Bonchev–Trinajstić information content (AvgIpc) is 3.07. The van der Waals surface area contributed by atoms with Gasteiger partial charge in [-0.05, 0) is 30.0 Å². The van der Waals surface area contributed by atoms with Crippen LogP contribution in [0.15, 0.2) is 54.6 Å². The van der Waals surface area contributed by atoms with E-state index in [4.69, 9.17) is 4.74 Å². The van der Waals surface area contributed by atoms with Crippen LogP contribution in [0.25, 0.3) is 0 Å². The minimum atomic E-state index is -3.32. The van der Waals surface area contributed by atoms with E-state index in [1.54, 1.807) is 0 Å². The summed E-state index contributed by atoms with van der Waals surface area (Å²) in [5.41, 5.74) is 2.77. The van der Waals surface area contributed by atoms with Crippen LogP contribution in [0, 0.1) is 0 Å². The summed E-state index contributed by atoms with van der Waals surface area (Å²) in [6.07, 6.45) is 3.17. The number of likely N-dealkylation sites (tertiary alicyclic amines) is 1. The number of rotatable bonds is 6. The van der Waals surface area contributed by atoms with Crippen molar-refractivity contribution >= 4 is 21.6 Å². The third-order valence-electron chi connectivity index (χ3n) is 6.24. The van der Waals surface area contributed by atoms with Gasteiger partial charge in [0.25, 0.3) is 0 Å². The minimum Gasteiger partial charge on any atom is -0.376 e. The van der Waals surface area contributed by atoms with Crippen molar-refractivity contribution in [3.05, 3.63) is 65.7 Å². The Morgan fingerprint density at radius 2 is 1.70 bits per heavy atom. The highest BCUT2D eigenvalue weighted by molar-refractivity contribution is 7.92. The van der Waals surface area contributed by atoms with Crippen LogP contribution >= 0.6 is 0 Å². The molecule has 1 fully saturated rings. The molecule has 0 aliphatic carbocycles. The molecular formula is C23H28N2O4S. The van der Waals surface area contributed by atoms with Gasteiger partial charge in [0.05, 0.1) is 31.6 Å². The van der Waals surface area contributed by atoms with Crippen LogP contribution in [0.4, 0.5) is 5.69 Å². The largest absolute Gasteiger partial charge is 0.376 e. The maximum atomic E-state index is 12.6. The van der Waals surface area contributed by atoms with Crippen LogP contribution in [0.5, 0.6) is 0 Å². The number of carbonyl (C=O) groups is 1. The van der Waals surface area contributed by atoms with Crippen LogP contribution in [-0.4, -0.2) is 51.7 Å². The fourth-order valence-corrected chi connectivity index (χ4v) is 5.57. The second-order valence-electron chi connectivity index (χ2n) is 8.24. The molecule has 2 aromatic rings. The molecule has 0 N–H and O–H groups in total. The van der Waals surface area contributed by atoms with Gasteiger partial charge in [0, 0.05) is 25.0 Å². The Bertz CT molecular complexity index is 999. The smallest absolute Gasteiger partial charge is 0.232 e. The van der Waals surface area contributed by atoms with Gasteiger partial charge in [-0.1, -0.05) is 48.5 Å². The average molecular weight is 429 g/mol. The Labute approximate surface area is 178 Å². The van der Waals surface area contributed by atoms with E-state index in [2.05, 4.69) is 0 Å². The van der Waals surface area contributed by atoms with Gasteiger partial charge in [-0.3, -0.25) is 9.10 Å². The Balaban J connectivity index is 1.33. The molecule has 0 aromatic heterocycles. The molecule has 2 aliphatic rings. The molecule has 1 saturated heterocycles. The lowest BCUT2D eigenvalue weighted by Crippen LogP contribution is -2.47. The number of amides is 1. The maximum absolute atomic E-state index is 12.6. The van der Waals surface area contributed by atoms with Crippen molar-refractivity contribution in [1.82, 2.24) is 4.90 Å². The number of hydrogen-bond donors (Lipinski definition) is 0. The van der Waals surface area contributed by atoms with Crippen molar-refractivity contribution in [3.8, 4) is 0 Å². The first-order valence-corrected chi connectivity index (χ1v) is 12.2. The zero-order valence-electron chi connectivity index (χ0n) is 17.3. The predicted molar refractivity (Wildman–Crippen MR) is 117 cm³/mol. The summed E-state index contributed by atoms with van der Waals surface area (Å²) in [6.45, 7) is 2.66. The Morgan fingerprint density at radius 1 is 1.03 bits per heavy atom. The molecule has 2 aromatic carbocycles. The van der Waals surface area contributed by atoms with Gasteiger partial charge in [0.1, 0.15) is 0 Å². The van der Waals surface area contributed by atoms with Gasteiger partial charge in [-0.2, -0.15) is 0 Å². The van der Waals surface area contributed by atoms with Gasteiger partial charge in [0.2, 0.25) is 15.9 Å². The maximum Gasteiger partial charge on any atom is 0.232 e. The quantitative estimate of drug-likeness (QED) is 0.664. The van der Waals surface area contributed by atoms with Gasteiger partial charge < -0.3 is 9.64 Å². The normalized spacial score (nSPS) is 17.9. The monoisotopic (exact) mass is 428 g/mol. The summed E-state index contributed by atoms with van der Waals surface area (Å²) in [4.78, 5) is 14.5. The zero-order chi connectivity index (χ0) is 21.2. The van der Waals surface area contributed by atoms with E-state index in [9.17, 15) is 13.2 Å². The molecule has 0 radical (unpaired) electrons. The lowest BCUT2D eigenvalue weighted by molar-refractivity contribution is -0.134. The second kappa shape index (κ2) is 8.40. The van der Waals surface area contributed by atoms with Crippen LogP contribution < -0.4 is 4.31 Å². The fourth-order valence-electron chi connectivity index (χ4n) is 4.57. The highest BCUT2D eigenvalue weighted by Crippen LogP contribution is 2.47. The first-order valence-electron chi connectivity index (χ1n) is 10.4. The molecule has 0 unspecified atom stereocenters. The molecule has 6 nitrogen and oxygen atoms in total. The lowest BCUT2D eigenvalue weighted by atomic mass is 9.74. The number of benzene rings is 2.